The molecule has 2 rings (SSSR count). The second-order valence-electron chi connectivity index (χ2n) is 4.36. The molecule has 0 aromatic heterocycles. The van der Waals surface area contributed by atoms with Crippen LogP contribution in [0.2, 0.25) is 10.0 Å². The van der Waals surface area contributed by atoms with Crippen LogP contribution in [0.1, 0.15) is 19.3 Å². The number of hydrogen-bond acceptors (Lipinski definition) is 3. The predicted molar refractivity (Wildman–Crippen MR) is 72.9 cm³/mol. The van der Waals surface area contributed by atoms with Gasteiger partial charge in [-0.3, -0.25) is 0 Å². The van der Waals surface area contributed by atoms with E-state index in [4.69, 9.17) is 28.9 Å². The molecule has 1 atom stereocenters. The lowest BCUT2D eigenvalue weighted by molar-refractivity contribution is 0.240. The molecule has 1 fully saturated rings. The number of nitrogens with zero attached hydrogens (tertiary/aromatic N) is 1. The highest BCUT2D eigenvalue weighted by atomic mass is 35.5. The van der Waals surface area contributed by atoms with Crippen LogP contribution >= 0.6 is 23.2 Å². The summed E-state index contributed by atoms with van der Waals surface area (Å²) in [6, 6.07) is 3.50. The maximum absolute atomic E-state index is 9.41. The molecule has 0 bridgehead atoms. The minimum atomic E-state index is 0.0994. The number of nitrogens with two attached hydrogens (primary N) is 1. The molecule has 1 heterocycles. The van der Waals surface area contributed by atoms with E-state index in [1.165, 1.54) is 0 Å². The maximum Gasteiger partial charge on any atom is 0.0749 e. The topological polar surface area (TPSA) is 49.5 Å². The van der Waals surface area contributed by atoms with E-state index in [1.807, 2.05) is 0 Å². The molecule has 1 saturated heterocycles. The number of hydrogen-bond donors (Lipinski definition) is 2. The fourth-order valence-electron chi connectivity index (χ4n) is 2.34. The van der Waals surface area contributed by atoms with Crippen molar-refractivity contribution in [3.05, 3.63) is 22.2 Å². The van der Waals surface area contributed by atoms with Crippen LogP contribution in [-0.4, -0.2) is 24.3 Å². The maximum atomic E-state index is 9.41. The van der Waals surface area contributed by atoms with E-state index in [0.717, 1.165) is 31.5 Å². The Morgan fingerprint density at radius 2 is 1.94 bits per heavy atom. The molecule has 0 spiro atoms. The summed E-state index contributed by atoms with van der Waals surface area (Å²) in [5.74, 6) is 0. The van der Waals surface area contributed by atoms with Crippen molar-refractivity contribution in [2.75, 3.05) is 23.8 Å². The Morgan fingerprint density at radius 1 is 1.29 bits per heavy atom. The first-order chi connectivity index (χ1) is 8.13. The molecular formula is C12H16Cl2N2O. The highest BCUT2D eigenvalue weighted by Gasteiger charge is 2.25. The van der Waals surface area contributed by atoms with Gasteiger partial charge in [-0.2, -0.15) is 0 Å². The lowest BCUT2D eigenvalue weighted by Gasteiger charge is -2.37. The van der Waals surface area contributed by atoms with E-state index in [9.17, 15) is 5.11 Å². The number of aliphatic hydroxyl groups is 1. The quantitative estimate of drug-likeness (QED) is 0.816. The van der Waals surface area contributed by atoms with Crippen LogP contribution in [-0.2, 0) is 0 Å². The first-order valence-electron chi connectivity index (χ1n) is 5.75. The second-order valence-corrected chi connectivity index (χ2v) is 5.17. The smallest absolute Gasteiger partial charge is 0.0749 e. The Morgan fingerprint density at radius 3 is 2.53 bits per heavy atom. The third-order valence-corrected chi connectivity index (χ3v) is 3.74. The van der Waals surface area contributed by atoms with Gasteiger partial charge in [-0.05, 0) is 31.4 Å². The Bertz CT molecular complexity index is 388. The molecule has 5 heteroatoms. The molecule has 3 nitrogen and oxygen atoms in total. The van der Waals surface area contributed by atoms with Crippen LogP contribution in [0.5, 0.6) is 0 Å². The van der Waals surface area contributed by atoms with Crippen LogP contribution in [0.3, 0.4) is 0 Å². The number of aliphatic hydroxyl groups excluding tert-OH is 1. The van der Waals surface area contributed by atoms with Crippen LogP contribution in [0.25, 0.3) is 0 Å². The number of halogens is 2. The number of piperidine rings is 1. The molecule has 1 aromatic carbocycles. The van der Waals surface area contributed by atoms with E-state index in [0.29, 0.717) is 15.7 Å². The van der Waals surface area contributed by atoms with Gasteiger partial charge in [0.15, 0.2) is 0 Å². The Labute approximate surface area is 111 Å². The molecule has 0 saturated carbocycles. The molecule has 1 unspecified atom stereocenters. The number of rotatable bonds is 2. The van der Waals surface area contributed by atoms with Crippen LogP contribution in [0.15, 0.2) is 12.1 Å². The van der Waals surface area contributed by atoms with Crippen molar-refractivity contribution in [2.45, 2.75) is 25.3 Å². The van der Waals surface area contributed by atoms with E-state index >= 15 is 0 Å². The SMILES string of the molecule is Nc1cc(Cl)c(N2CCCCC2CO)c(Cl)c1. The molecule has 0 radical (unpaired) electrons. The Kier molecular flexibility index (Phi) is 4.02. The summed E-state index contributed by atoms with van der Waals surface area (Å²) >= 11 is 12.4. The summed E-state index contributed by atoms with van der Waals surface area (Å²) in [4.78, 5) is 2.09. The van der Waals surface area contributed by atoms with E-state index < -0.39 is 0 Å². The molecule has 3 N–H and O–H groups in total. The monoisotopic (exact) mass is 274 g/mol. The molecule has 1 aromatic rings. The standard InChI is InChI=1S/C12H16Cl2N2O/c13-10-5-8(15)6-11(14)12(10)16-4-2-1-3-9(16)7-17/h5-6,9,17H,1-4,7,15H2. The van der Waals surface area contributed by atoms with Gasteiger partial charge in [0.1, 0.15) is 0 Å². The van der Waals surface area contributed by atoms with Gasteiger partial charge in [0.2, 0.25) is 0 Å². The summed E-state index contributed by atoms with van der Waals surface area (Å²) in [6.45, 7) is 0.992. The second kappa shape index (κ2) is 5.34. The highest BCUT2D eigenvalue weighted by molar-refractivity contribution is 6.39. The average molecular weight is 275 g/mol. The van der Waals surface area contributed by atoms with Crippen molar-refractivity contribution < 1.29 is 5.11 Å². The summed E-state index contributed by atoms with van der Waals surface area (Å²) in [7, 11) is 0. The zero-order chi connectivity index (χ0) is 12.4. The van der Waals surface area contributed by atoms with Crippen molar-refractivity contribution >= 4 is 34.6 Å². The zero-order valence-corrected chi connectivity index (χ0v) is 11.0. The third-order valence-electron chi connectivity index (χ3n) is 3.16. The summed E-state index contributed by atoms with van der Waals surface area (Å²) in [5, 5.41) is 10.5. The summed E-state index contributed by atoms with van der Waals surface area (Å²) in [5.41, 5.74) is 7.04. The molecule has 1 aliphatic rings. The van der Waals surface area contributed by atoms with Gasteiger partial charge in [-0.1, -0.05) is 23.2 Å². The number of benzene rings is 1. The van der Waals surface area contributed by atoms with Gasteiger partial charge in [0, 0.05) is 12.2 Å². The fraction of sp³-hybridized carbons (Fsp3) is 0.500. The number of anilines is 2. The van der Waals surface area contributed by atoms with E-state index in [1.54, 1.807) is 12.1 Å². The summed E-state index contributed by atoms with van der Waals surface area (Å²) < 4.78 is 0. The van der Waals surface area contributed by atoms with Crippen molar-refractivity contribution in [2.24, 2.45) is 0 Å². The van der Waals surface area contributed by atoms with Crippen molar-refractivity contribution in [1.82, 2.24) is 0 Å². The summed E-state index contributed by atoms with van der Waals surface area (Å²) in [6.07, 6.45) is 3.19. The fourth-order valence-corrected chi connectivity index (χ4v) is 3.07. The third kappa shape index (κ3) is 2.62. The van der Waals surface area contributed by atoms with Crippen LogP contribution < -0.4 is 10.6 Å². The van der Waals surface area contributed by atoms with Gasteiger partial charge in [-0.25, -0.2) is 0 Å². The van der Waals surface area contributed by atoms with Gasteiger partial charge in [0.25, 0.3) is 0 Å². The molecular weight excluding hydrogens is 259 g/mol. The highest BCUT2D eigenvalue weighted by Crippen LogP contribution is 2.38. The van der Waals surface area contributed by atoms with Crippen molar-refractivity contribution in [1.29, 1.82) is 0 Å². The lowest BCUT2D eigenvalue weighted by atomic mass is 10.0. The predicted octanol–water partition coefficient (Wildman–Crippen LogP) is 2.93. The average Bonchev–Trinajstić information content (AvgIpc) is 2.28. The lowest BCUT2D eigenvalue weighted by Crippen LogP contribution is -2.42. The van der Waals surface area contributed by atoms with E-state index in [2.05, 4.69) is 4.90 Å². The van der Waals surface area contributed by atoms with Crippen molar-refractivity contribution in [3.63, 3.8) is 0 Å². The van der Waals surface area contributed by atoms with Gasteiger partial charge in [-0.15, -0.1) is 0 Å². The largest absolute Gasteiger partial charge is 0.399 e. The minimum Gasteiger partial charge on any atom is -0.399 e. The van der Waals surface area contributed by atoms with Crippen LogP contribution in [0, 0.1) is 0 Å². The molecule has 1 aliphatic heterocycles. The first-order valence-corrected chi connectivity index (χ1v) is 6.51. The number of nitrogen functional groups attached to an aromatic ring is 1. The molecule has 0 amide bonds. The molecule has 17 heavy (non-hydrogen) atoms. The molecule has 94 valence electrons. The Balaban J connectivity index is 2.38. The molecule has 0 aliphatic carbocycles. The van der Waals surface area contributed by atoms with Gasteiger partial charge in [0.05, 0.1) is 28.4 Å². The normalized spacial score (nSPS) is 20.6. The van der Waals surface area contributed by atoms with Gasteiger partial charge < -0.3 is 15.7 Å². The van der Waals surface area contributed by atoms with Crippen LogP contribution in [0.4, 0.5) is 11.4 Å². The van der Waals surface area contributed by atoms with Gasteiger partial charge >= 0.3 is 0 Å². The first kappa shape index (κ1) is 12.8. The van der Waals surface area contributed by atoms with E-state index in [-0.39, 0.29) is 12.6 Å². The Hall–Kier alpha value is -0.640. The minimum absolute atomic E-state index is 0.0994. The zero-order valence-electron chi connectivity index (χ0n) is 9.50. The van der Waals surface area contributed by atoms with Crippen molar-refractivity contribution in [3.8, 4) is 0 Å².